The van der Waals surface area contributed by atoms with Crippen molar-refractivity contribution < 1.29 is 33.3 Å². The molecule has 3 rings (SSSR count). The molecule has 1 amide bonds. The molecule has 0 aromatic heterocycles. The Morgan fingerprint density at radius 1 is 0.784 bits per heavy atom. The number of carbonyl (C=O) groups is 2. The molecule has 37 heavy (non-hydrogen) atoms. The number of nitrogens with one attached hydrogen (secondary N) is 1. The van der Waals surface area contributed by atoms with Crippen molar-refractivity contribution >= 4 is 41.1 Å². The van der Waals surface area contributed by atoms with Gasteiger partial charge in [0, 0.05) is 11.1 Å². The molecule has 0 unspecified atom stereocenters. The Balaban J connectivity index is 1.66. The van der Waals surface area contributed by atoms with E-state index < -0.39 is 5.91 Å². The van der Waals surface area contributed by atoms with Gasteiger partial charge in [0.05, 0.1) is 44.7 Å². The lowest BCUT2D eigenvalue weighted by molar-refractivity contribution is 0.0918. The lowest BCUT2D eigenvalue weighted by Crippen LogP contribution is -2.18. The summed E-state index contributed by atoms with van der Waals surface area (Å²) in [7, 11) is 5.86. The predicted octanol–water partition coefficient (Wildman–Crippen LogP) is 5.05. The Labute approximate surface area is 223 Å². The monoisotopic (exact) mass is 546 g/mol. The summed E-state index contributed by atoms with van der Waals surface area (Å²) in [5.41, 5.74) is 3.70. The van der Waals surface area contributed by atoms with Gasteiger partial charge < -0.3 is 23.7 Å². The normalized spacial score (nSPS) is 10.6. The molecular formula is C26H24Cl2N2O7. The van der Waals surface area contributed by atoms with Crippen molar-refractivity contribution in [2.45, 2.75) is 0 Å². The summed E-state index contributed by atoms with van der Waals surface area (Å²) in [5.74, 6) is 1.03. The van der Waals surface area contributed by atoms with E-state index in [1.807, 2.05) is 0 Å². The van der Waals surface area contributed by atoms with Gasteiger partial charge in [-0.1, -0.05) is 23.2 Å². The van der Waals surface area contributed by atoms with E-state index in [-0.39, 0.29) is 23.0 Å². The van der Waals surface area contributed by atoms with Crippen LogP contribution in [-0.2, 0) is 0 Å². The van der Waals surface area contributed by atoms with Crippen molar-refractivity contribution in [3.63, 3.8) is 0 Å². The highest BCUT2D eigenvalue weighted by Gasteiger charge is 2.17. The molecule has 11 heteroatoms. The lowest BCUT2D eigenvalue weighted by Gasteiger charge is -2.13. The molecule has 0 saturated carbocycles. The average molecular weight is 547 g/mol. The molecule has 0 fully saturated rings. The molecule has 0 saturated heterocycles. The fourth-order valence-corrected chi connectivity index (χ4v) is 3.52. The Kier molecular flexibility index (Phi) is 9.59. The molecule has 0 radical (unpaired) electrons. The van der Waals surface area contributed by atoms with Gasteiger partial charge in [-0.25, -0.2) is 5.43 Å². The molecule has 0 spiro atoms. The molecule has 3 aromatic rings. The summed E-state index contributed by atoms with van der Waals surface area (Å²) in [6.45, 7) is -0.230. The van der Waals surface area contributed by atoms with Gasteiger partial charge in [-0.15, -0.1) is 0 Å². The Morgan fingerprint density at radius 3 is 2.05 bits per heavy atom. The van der Waals surface area contributed by atoms with Crippen LogP contribution in [0, 0.1) is 0 Å². The van der Waals surface area contributed by atoms with E-state index in [4.69, 9.17) is 46.9 Å². The molecule has 0 aliphatic rings. The summed E-state index contributed by atoms with van der Waals surface area (Å²) in [5, 5.41) is 4.64. The van der Waals surface area contributed by atoms with E-state index in [0.717, 1.165) is 0 Å². The topological polar surface area (TPSA) is 105 Å². The molecule has 3 aromatic carbocycles. The van der Waals surface area contributed by atoms with Crippen LogP contribution in [0.1, 0.15) is 26.3 Å². The fourth-order valence-electron chi connectivity index (χ4n) is 3.22. The average Bonchev–Trinajstić information content (AvgIpc) is 2.92. The number of hydrogen-bond acceptors (Lipinski definition) is 8. The van der Waals surface area contributed by atoms with E-state index in [2.05, 4.69) is 10.5 Å². The third kappa shape index (κ3) is 6.84. The zero-order valence-corrected chi connectivity index (χ0v) is 22.0. The summed E-state index contributed by atoms with van der Waals surface area (Å²) in [6, 6.07) is 12.6. The van der Waals surface area contributed by atoms with Crippen molar-refractivity contribution in [1.29, 1.82) is 0 Å². The van der Waals surface area contributed by atoms with Gasteiger partial charge in [0.1, 0.15) is 0 Å². The van der Waals surface area contributed by atoms with E-state index >= 15 is 0 Å². The standard InChI is InChI=1S/C26H24Cl2N2O7/c1-33-22-9-15(5-8-21(22)37-14-20(31)16-6-7-18(27)19(28)10-16)13-29-30-26(32)17-11-23(34-2)25(36-4)24(12-17)35-3/h5-13H,14H2,1-4H3,(H,30,32)/b29-13-. The van der Waals surface area contributed by atoms with Gasteiger partial charge in [0.25, 0.3) is 5.91 Å². The molecule has 0 aliphatic heterocycles. The van der Waals surface area contributed by atoms with Gasteiger partial charge in [0.15, 0.2) is 35.4 Å². The predicted molar refractivity (Wildman–Crippen MR) is 140 cm³/mol. The minimum absolute atomic E-state index is 0.230. The minimum Gasteiger partial charge on any atom is -0.493 e. The van der Waals surface area contributed by atoms with Crippen LogP contribution in [0.3, 0.4) is 0 Å². The molecule has 9 nitrogen and oxygen atoms in total. The first-order valence-electron chi connectivity index (χ1n) is 10.7. The second kappa shape index (κ2) is 12.8. The highest BCUT2D eigenvalue weighted by atomic mass is 35.5. The van der Waals surface area contributed by atoms with Crippen molar-refractivity contribution in [2.75, 3.05) is 35.0 Å². The van der Waals surface area contributed by atoms with E-state index in [9.17, 15) is 9.59 Å². The van der Waals surface area contributed by atoms with Gasteiger partial charge in [-0.05, 0) is 54.1 Å². The summed E-state index contributed by atoms with van der Waals surface area (Å²) < 4.78 is 26.8. The SMILES string of the molecule is COc1cc(/C=N\NC(=O)c2cc(OC)c(OC)c(OC)c2)ccc1OCC(=O)c1ccc(Cl)c(Cl)c1. The van der Waals surface area contributed by atoms with Gasteiger partial charge in [0.2, 0.25) is 5.75 Å². The van der Waals surface area contributed by atoms with Crippen LogP contribution >= 0.6 is 23.2 Å². The number of amides is 1. The first kappa shape index (κ1) is 27.6. The maximum absolute atomic E-state index is 12.6. The number of ether oxygens (including phenoxy) is 5. The van der Waals surface area contributed by atoms with Crippen molar-refractivity contribution in [2.24, 2.45) is 5.10 Å². The Bertz CT molecular complexity index is 1300. The van der Waals surface area contributed by atoms with Crippen LogP contribution in [0.5, 0.6) is 28.7 Å². The number of ketones is 1. The number of methoxy groups -OCH3 is 4. The molecule has 194 valence electrons. The quantitative estimate of drug-likeness (QED) is 0.204. The number of benzene rings is 3. The number of hydrazone groups is 1. The van der Waals surface area contributed by atoms with Crippen LogP contribution in [0.15, 0.2) is 53.6 Å². The first-order valence-corrected chi connectivity index (χ1v) is 11.5. The molecule has 1 N–H and O–H groups in total. The fraction of sp³-hybridized carbons (Fsp3) is 0.192. The highest BCUT2D eigenvalue weighted by Crippen LogP contribution is 2.38. The second-order valence-electron chi connectivity index (χ2n) is 7.36. The van der Waals surface area contributed by atoms with Crippen LogP contribution in [-0.4, -0.2) is 53.0 Å². The first-order chi connectivity index (χ1) is 17.8. The lowest BCUT2D eigenvalue weighted by atomic mass is 10.1. The highest BCUT2D eigenvalue weighted by molar-refractivity contribution is 6.42. The molecule has 0 heterocycles. The summed E-state index contributed by atoms with van der Waals surface area (Å²) in [6.07, 6.45) is 1.43. The summed E-state index contributed by atoms with van der Waals surface area (Å²) >= 11 is 11.9. The van der Waals surface area contributed by atoms with Crippen molar-refractivity contribution in [1.82, 2.24) is 5.43 Å². The van der Waals surface area contributed by atoms with E-state index in [1.165, 1.54) is 52.9 Å². The van der Waals surface area contributed by atoms with E-state index in [0.29, 0.717) is 44.9 Å². The maximum atomic E-state index is 12.6. The smallest absolute Gasteiger partial charge is 0.271 e. The van der Waals surface area contributed by atoms with Crippen molar-refractivity contribution in [3.8, 4) is 28.7 Å². The van der Waals surface area contributed by atoms with Crippen LogP contribution < -0.4 is 29.1 Å². The zero-order valence-electron chi connectivity index (χ0n) is 20.5. The maximum Gasteiger partial charge on any atom is 0.271 e. The van der Waals surface area contributed by atoms with Crippen LogP contribution in [0.4, 0.5) is 0 Å². The third-order valence-corrected chi connectivity index (χ3v) is 5.83. The Hall–Kier alpha value is -3.95. The van der Waals surface area contributed by atoms with Crippen LogP contribution in [0.2, 0.25) is 10.0 Å². The third-order valence-electron chi connectivity index (χ3n) is 5.09. The van der Waals surface area contributed by atoms with E-state index in [1.54, 1.807) is 30.3 Å². The summed E-state index contributed by atoms with van der Waals surface area (Å²) in [4.78, 5) is 25.0. The van der Waals surface area contributed by atoms with Crippen molar-refractivity contribution in [3.05, 3.63) is 75.3 Å². The van der Waals surface area contributed by atoms with Gasteiger partial charge >= 0.3 is 0 Å². The largest absolute Gasteiger partial charge is 0.493 e. The zero-order chi connectivity index (χ0) is 26.9. The molecule has 0 bridgehead atoms. The number of nitrogens with zero attached hydrogens (tertiary/aromatic N) is 1. The molecular weight excluding hydrogens is 523 g/mol. The molecule has 0 aliphatic carbocycles. The number of rotatable bonds is 11. The number of hydrogen-bond donors (Lipinski definition) is 1. The molecule has 0 atom stereocenters. The number of Topliss-reactive ketones (excluding diaryl/α,β-unsaturated/α-hetero) is 1. The van der Waals surface area contributed by atoms with Crippen LogP contribution in [0.25, 0.3) is 0 Å². The van der Waals surface area contributed by atoms with Gasteiger partial charge in [-0.3, -0.25) is 9.59 Å². The minimum atomic E-state index is -0.483. The number of halogens is 2. The number of carbonyl (C=O) groups excluding carboxylic acids is 2. The Morgan fingerprint density at radius 2 is 1.46 bits per heavy atom. The second-order valence-corrected chi connectivity index (χ2v) is 8.18. The van der Waals surface area contributed by atoms with Gasteiger partial charge in [-0.2, -0.15) is 5.10 Å².